The predicted octanol–water partition coefficient (Wildman–Crippen LogP) is 1.09. The second-order valence-electron chi connectivity index (χ2n) is 6.58. The standard InChI is InChI=1S/C19H23N5O4/c1-4-28-11-10-24-17(25)15-16(21(2)19(24)26)20-18-22(8-9-23(15)18)13-6-5-7-14(12-13)27-3/h5-7,12H,4,8-11H2,1-3H3. The molecule has 0 amide bonds. The second-order valence-corrected chi connectivity index (χ2v) is 6.58. The lowest BCUT2D eigenvalue weighted by Gasteiger charge is -2.16. The van der Waals surface area contributed by atoms with Crippen molar-refractivity contribution in [3.05, 3.63) is 45.1 Å². The van der Waals surface area contributed by atoms with Crippen LogP contribution in [0.25, 0.3) is 11.2 Å². The van der Waals surface area contributed by atoms with Crippen LogP contribution in [-0.4, -0.2) is 45.6 Å². The van der Waals surface area contributed by atoms with Crippen molar-refractivity contribution in [2.24, 2.45) is 7.05 Å². The van der Waals surface area contributed by atoms with E-state index < -0.39 is 0 Å². The van der Waals surface area contributed by atoms with Crippen molar-refractivity contribution in [3.8, 4) is 5.75 Å². The lowest BCUT2D eigenvalue weighted by molar-refractivity contribution is 0.137. The van der Waals surface area contributed by atoms with Crippen LogP contribution in [0.5, 0.6) is 5.75 Å². The summed E-state index contributed by atoms with van der Waals surface area (Å²) in [7, 11) is 3.26. The normalized spacial score (nSPS) is 13.3. The molecule has 3 aromatic rings. The van der Waals surface area contributed by atoms with Crippen molar-refractivity contribution in [2.75, 3.05) is 31.8 Å². The molecule has 0 saturated heterocycles. The summed E-state index contributed by atoms with van der Waals surface area (Å²) < 4.78 is 15.2. The van der Waals surface area contributed by atoms with Crippen molar-refractivity contribution in [1.82, 2.24) is 18.7 Å². The Morgan fingerprint density at radius 1 is 1.21 bits per heavy atom. The molecule has 0 saturated carbocycles. The fourth-order valence-corrected chi connectivity index (χ4v) is 3.60. The highest BCUT2D eigenvalue weighted by Crippen LogP contribution is 2.33. The Bertz CT molecular complexity index is 1140. The minimum atomic E-state index is -0.387. The summed E-state index contributed by atoms with van der Waals surface area (Å²) in [4.78, 5) is 32.4. The Hall–Kier alpha value is -3.07. The molecule has 4 rings (SSSR count). The predicted molar refractivity (Wildman–Crippen MR) is 106 cm³/mol. The van der Waals surface area contributed by atoms with E-state index in [2.05, 4.69) is 4.98 Å². The van der Waals surface area contributed by atoms with Crippen molar-refractivity contribution >= 4 is 22.8 Å². The van der Waals surface area contributed by atoms with E-state index in [0.717, 1.165) is 11.4 Å². The average Bonchev–Trinajstić information content (AvgIpc) is 3.28. The number of methoxy groups -OCH3 is 1. The number of ether oxygens (including phenoxy) is 2. The number of nitrogens with zero attached hydrogens (tertiary/aromatic N) is 5. The van der Waals surface area contributed by atoms with E-state index in [1.807, 2.05) is 40.7 Å². The van der Waals surface area contributed by atoms with Gasteiger partial charge in [0.05, 0.1) is 20.3 Å². The van der Waals surface area contributed by atoms with Crippen LogP contribution in [-0.2, 0) is 24.9 Å². The van der Waals surface area contributed by atoms with E-state index in [0.29, 0.717) is 43.4 Å². The summed E-state index contributed by atoms with van der Waals surface area (Å²) in [5.74, 6) is 1.40. The van der Waals surface area contributed by atoms with Crippen LogP contribution < -0.4 is 20.9 Å². The molecule has 0 spiro atoms. The summed E-state index contributed by atoms with van der Waals surface area (Å²) in [5, 5.41) is 0. The van der Waals surface area contributed by atoms with Gasteiger partial charge in [-0.3, -0.25) is 13.9 Å². The molecule has 0 fully saturated rings. The molecule has 0 radical (unpaired) electrons. The highest BCUT2D eigenvalue weighted by Gasteiger charge is 2.28. The molecular formula is C19H23N5O4. The summed E-state index contributed by atoms with van der Waals surface area (Å²) in [6.07, 6.45) is 0. The molecule has 1 aliphatic rings. The first-order valence-corrected chi connectivity index (χ1v) is 9.26. The van der Waals surface area contributed by atoms with Gasteiger partial charge in [0.1, 0.15) is 5.75 Å². The number of aromatic nitrogens is 4. The number of rotatable bonds is 6. The van der Waals surface area contributed by atoms with Crippen LogP contribution in [0.2, 0.25) is 0 Å². The Morgan fingerprint density at radius 2 is 2.04 bits per heavy atom. The third-order valence-electron chi connectivity index (χ3n) is 5.03. The summed E-state index contributed by atoms with van der Waals surface area (Å²) in [6, 6.07) is 7.69. The van der Waals surface area contributed by atoms with E-state index in [1.54, 1.807) is 14.2 Å². The molecule has 9 nitrogen and oxygen atoms in total. The molecule has 1 aliphatic heterocycles. The van der Waals surface area contributed by atoms with E-state index >= 15 is 0 Å². The smallest absolute Gasteiger partial charge is 0.332 e. The molecule has 0 bridgehead atoms. The zero-order chi connectivity index (χ0) is 19.8. The van der Waals surface area contributed by atoms with Gasteiger partial charge >= 0.3 is 5.69 Å². The number of anilines is 2. The SMILES string of the molecule is CCOCCn1c(=O)c2c(nc3n2CCN3c2cccc(OC)c2)n(C)c1=O. The van der Waals surface area contributed by atoms with E-state index in [-0.39, 0.29) is 17.8 Å². The fourth-order valence-electron chi connectivity index (χ4n) is 3.60. The third kappa shape index (κ3) is 2.78. The van der Waals surface area contributed by atoms with Crippen molar-refractivity contribution < 1.29 is 9.47 Å². The summed E-state index contributed by atoms with van der Waals surface area (Å²) >= 11 is 0. The van der Waals surface area contributed by atoms with Crippen molar-refractivity contribution in [2.45, 2.75) is 20.0 Å². The maximum Gasteiger partial charge on any atom is 0.332 e. The van der Waals surface area contributed by atoms with Gasteiger partial charge in [-0.25, -0.2) is 4.79 Å². The number of hydrogen-bond acceptors (Lipinski definition) is 6. The zero-order valence-corrected chi connectivity index (χ0v) is 16.2. The van der Waals surface area contributed by atoms with Crippen LogP contribution in [0.4, 0.5) is 11.6 Å². The number of aryl methyl sites for hydroxylation is 1. The number of benzene rings is 1. The summed E-state index contributed by atoms with van der Waals surface area (Å²) in [6.45, 7) is 4.24. The number of fused-ring (bicyclic) bond motifs is 3. The zero-order valence-electron chi connectivity index (χ0n) is 16.2. The van der Waals surface area contributed by atoms with Crippen molar-refractivity contribution in [1.29, 1.82) is 0 Å². The molecule has 28 heavy (non-hydrogen) atoms. The minimum Gasteiger partial charge on any atom is -0.497 e. The maximum absolute atomic E-state index is 13.1. The van der Waals surface area contributed by atoms with Crippen LogP contribution in [0, 0.1) is 0 Å². The molecule has 0 unspecified atom stereocenters. The molecule has 0 N–H and O–H groups in total. The van der Waals surface area contributed by atoms with Gasteiger partial charge < -0.3 is 18.9 Å². The highest BCUT2D eigenvalue weighted by molar-refractivity contribution is 5.77. The van der Waals surface area contributed by atoms with Gasteiger partial charge in [0, 0.05) is 38.5 Å². The molecule has 1 aromatic carbocycles. The Balaban J connectivity index is 1.85. The Morgan fingerprint density at radius 3 is 2.79 bits per heavy atom. The van der Waals surface area contributed by atoms with Crippen LogP contribution in [0.15, 0.2) is 33.9 Å². The molecule has 0 aliphatic carbocycles. The minimum absolute atomic E-state index is 0.218. The van der Waals surface area contributed by atoms with E-state index in [1.165, 1.54) is 9.13 Å². The first kappa shape index (κ1) is 18.3. The lowest BCUT2D eigenvalue weighted by Crippen LogP contribution is -2.40. The van der Waals surface area contributed by atoms with Crippen LogP contribution in [0.1, 0.15) is 6.92 Å². The van der Waals surface area contributed by atoms with Gasteiger partial charge in [0.15, 0.2) is 11.2 Å². The van der Waals surface area contributed by atoms with Gasteiger partial charge in [-0.05, 0) is 19.1 Å². The molecule has 9 heteroatoms. The van der Waals surface area contributed by atoms with Gasteiger partial charge in [-0.15, -0.1) is 0 Å². The lowest BCUT2D eigenvalue weighted by atomic mass is 10.3. The van der Waals surface area contributed by atoms with Gasteiger partial charge in [-0.1, -0.05) is 6.07 Å². The Labute approximate surface area is 161 Å². The molecule has 0 atom stereocenters. The molecule has 148 valence electrons. The topological polar surface area (TPSA) is 83.5 Å². The fraction of sp³-hybridized carbons (Fsp3) is 0.421. The van der Waals surface area contributed by atoms with Crippen LogP contribution in [0.3, 0.4) is 0 Å². The monoisotopic (exact) mass is 385 g/mol. The van der Waals surface area contributed by atoms with Crippen molar-refractivity contribution in [3.63, 3.8) is 0 Å². The third-order valence-corrected chi connectivity index (χ3v) is 5.03. The van der Waals surface area contributed by atoms with Gasteiger partial charge in [0.2, 0.25) is 5.95 Å². The van der Waals surface area contributed by atoms with Crippen LogP contribution >= 0.6 is 0 Å². The molecule has 3 heterocycles. The summed E-state index contributed by atoms with van der Waals surface area (Å²) in [5.41, 5.74) is 1.05. The highest BCUT2D eigenvalue weighted by atomic mass is 16.5. The molecular weight excluding hydrogens is 362 g/mol. The quantitative estimate of drug-likeness (QED) is 0.591. The Kier molecular flexibility index (Phi) is 4.68. The van der Waals surface area contributed by atoms with Gasteiger partial charge in [-0.2, -0.15) is 4.98 Å². The molecule has 2 aromatic heterocycles. The second kappa shape index (κ2) is 7.16. The first-order chi connectivity index (χ1) is 13.6. The maximum atomic E-state index is 13.1. The number of hydrogen-bond donors (Lipinski definition) is 0. The average molecular weight is 385 g/mol. The van der Waals surface area contributed by atoms with Gasteiger partial charge in [0.25, 0.3) is 5.56 Å². The van der Waals surface area contributed by atoms with E-state index in [4.69, 9.17) is 9.47 Å². The largest absolute Gasteiger partial charge is 0.497 e. The number of imidazole rings is 1. The first-order valence-electron chi connectivity index (χ1n) is 9.26. The van der Waals surface area contributed by atoms with E-state index in [9.17, 15) is 9.59 Å².